The molecule has 1 aromatic heterocycles. The molecular weight excluding hydrogens is 314 g/mol. The number of carbonyl (C=O) groups excluding carboxylic acids is 1. The van der Waals surface area contributed by atoms with Crippen molar-refractivity contribution in [3.05, 3.63) is 45.2 Å². The molecule has 2 aliphatic carbocycles. The van der Waals surface area contributed by atoms with E-state index in [4.69, 9.17) is 0 Å². The summed E-state index contributed by atoms with van der Waals surface area (Å²) in [6.07, 6.45) is 8.21. The number of allylic oxidation sites excluding steroid dienone is 2. The maximum Gasteiger partial charge on any atom is 0.146 e. The summed E-state index contributed by atoms with van der Waals surface area (Å²) >= 11 is 3.57. The number of aldehydes is 1. The van der Waals surface area contributed by atoms with Crippen LogP contribution in [0.2, 0.25) is 0 Å². The second-order valence-electron chi connectivity index (χ2n) is 5.61. The number of pyridine rings is 1. The molecule has 0 radical (unpaired) electrons. The Morgan fingerprint density at radius 2 is 1.95 bits per heavy atom. The Hall–Kier alpha value is -1.48. The number of aryl methyl sites for hydroxylation is 2. The van der Waals surface area contributed by atoms with E-state index < -0.39 is 0 Å². The predicted octanol–water partition coefficient (Wildman–Crippen LogP) is 4.23. The molecule has 0 atom stereocenters. The molecule has 0 unspecified atom stereocenters. The summed E-state index contributed by atoms with van der Waals surface area (Å²) in [7, 11) is 0. The van der Waals surface area contributed by atoms with E-state index in [1.807, 2.05) is 6.20 Å². The zero-order valence-corrected chi connectivity index (χ0v) is 12.7. The highest BCUT2D eigenvalue weighted by Crippen LogP contribution is 2.39. The quantitative estimate of drug-likeness (QED) is 0.610. The third-order valence-corrected chi connectivity index (χ3v) is 5.14. The Balaban J connectivity index is 2.01. The van der Waals surface area contributed by atoms with Gasteiger partial charge in [0.15, 0.2) is 0 Å². The summed E-state index contributed by atoms with van der Waals surface area (Å²) in [5.41, 5.74) is 6.19. The Labute approximate surface area is 126 Å². The van der Waals surface area contributed by atoms with Crippen LogP contribution in [0.1, 0.15) is 36.0 Å². The zero-order valence-electron chi connectivity index (χ0n) is 11.1. The first-order valence-corrected chi connectivity index (χ1v) is 7.85. The fourth-order valence-electron chi connectivity index (χ4n) is 3.57. The first-order valence-electron chi connectivity index (χ1n) is 7.05. The van der Waals surface area contributed by atoms with Crippen molar-refractivity contribution in [3.8, 4) is 0 Å². The van der Waals surface area contributed by atoms with Gasteiger partial charge in [0.05, 0.1) is 0 Å². The predicted molar refractivity (Wildman–Crippen MR) is 83.7 cm³/mol. The lowest BCUT2D eigenvalue weighted by Gasteiger charge is -2.10. The summed E-state index contributed by atoms with van der Waals surface area (Å²) < 4.78 is 0.910. The molecule has 0 saturated heterocycles. The van der Waals surface area contributed by atoms with E-state index in [0.717, 1.165) is 48.6 Å². The molecule has 3 heteroatoms. The van der Waals surface area contributed by atoms with Gasteiger partial charge in [-0.2, -0.15) is 0 Å². The van der Waals surface area contributed by atoms with Crippen molar-refractivity contribution in [3.63, 3.8) is 0 Å². The van der Waals surface area contributed by atoms with E-state index in [1.165, 1.54) is 33.0 Å². The van der Waals surface area contributed by atoms with Crippen LogP contribution in [0.25, 0.3) is 16.3 Å². The van der Waals surface area contributed by atoms with Gasteiger partial charge in [-0.25, -0.2) is 4.98 Å². The average Bonchev–Trinajstić information content (AvgIpc) is 3.09. The van der Waals surface area contributed by atoms with Gasteiger partial charge in [0, 0.05) is 11.6 Å². The number of nitrogens with zero attached hydrogens (tertiary/aromatic N) is 1. The summed E-state index contributed by atoms with van der Waals surface area (Å²) in [6.45, 7) is 0. The zero-order chi connectivity index (χ0) is 13.7. The summed E-state index contributed by atoms with van der Waals surface area (Å²) in [5.74, 6) is 0. The number of rotatable bonds is 2. The van der Waals surface area contributed by atoms with Gasteiger partial charge in [-0.1, -0.05) is 6.07 Å². The van der Waals surface area contributed by atoms with Crippen LogP contribution in [0.15, 0.2) is 28.5 Å². The Morgan fingerprint density at radius 3 is 2.80 bits per heavy atom. The molecule has 2 aromatic rings. The van der Waals surface area contributed by atoms with Crippen molar-refractivity contribution < 1.29 is 4.79 Å². The number of halogens is 1. The standard InChI is InChI=1S/C17H14BrNO/c18-17-15-7-13(14-3-1-2-12(14)9-20)6-10-4-5-11(8-19-17)16(10)15/h6-9H,1-5H2. The van der Waals surface area contributed by atoms with Gasteiger partial charge in [-0.15, -0.1) is 0 Å². The molecule has 0 aliphatic heterocycles. The monoisotopic (exact) mass is 327 g/mol. The number of aromatic nitrogens is 1. The van der Waals surface area contributed by atoms with Crippen LogP contribution in [0.4, 0.5) is 0 Å². The third-order valence-electron chi connectivity index (χ3n) is 4.51. The van der Waals surface area contributed by atoms with Crippen LogP contribution < -0.4 is 0 Å². The lowest BCUT2D eigenvalue weighted by Crippen LogP contribution is -1.91. The SMILES string of the molecule is O=CC1=C(c2cc3c4c(cnc(Br)c4c2)CC3)CCC1. The second-order valence-corrected chi connectivity index (χ2v) is 6.36. The average molecular weight is 328 g/mol. The number of hydrogen-bond acceptors (Lipinski definition) is 2. The highest BCUT2D eigenvalue weighted by atomic mass is 79.9. The smallest absolute Gasteiger partial charge is 0.146 e. The van der Waals surface area contributed by atoms with Gasteiger partial charge < -0.3 is 0 Å². The molecule has 1 aromatic carbocycles. The maximum absolute atomic E-state index is 11.2. The first-order chi connectivity index (χ1) is 9.78. The number of benzene rings is 1. The van der Waals surface area contributed by atoms with Crippen molar-refractivity contribution in [1.29, 1.82) is 0 Å². The van der Waals surface area contributed by atoms with Crippen LogP contribution in [-0.4, -0.2) is 11.3 Å². The van der Waals surface area contributed by atoms with Gasteiger partial charge in [0.1, 0.15) is 10.9 Å². The van der Waals surface area contributed by atoms with Crippen molar-refractivity contribution in [2.24, 2.45) is 0 Å². The van der Waals surface area contributed by atoms with Crippen LogP contribution in [0, 0.1) is 0 Å². The number of hydrogen-bond donors (Lipinski definition) is 0. The van der Waals surface area contributed by atoms with Gasteiger partial charge in [-0.05, 0) is 87.3 Å². The molecule has 0 N–H and O–H groups in total. The van der Waals surface area contributed by atoms with E-state index in [0.29, 0.717) is 0 Å². The Morgan fingerprint density at radius 1 is 1.10 bits per heavy atom. The van der Waals surface area contributed by atoms with Crippen LogP contribution >= 0.6 is 15.9 Å². The summed E-state index contributed by atoms with van der Waals surface area (Å²) in [6, 6.07) is 4.49. The molecule has 1 heterocycles. The second kappa shape index (κ2) is 4.52. The molecule has 4 rings (SSSR count). The third kappa shape index (κ3) is 1.69. The minimum absolute atomic E-state index is 0.910. The largest absolute Gasteiger partial charge is 0.298 e. The minimum Gasteiger partial charge on any atom is -0.298 e. The van der Waals surface area contributed by atoms with Gasteiger partial charge >= 0.3 is 0 Å². The van der Waals surface area contributed by atoms with E-state index in [2.05, 4.69) is 33.0 Å². The molecule has 2 aliphatic rings. The summed E-state index contributed by atoms with van der Waals surface area (Å²) in [4.78, 5) is 15.7. The molecule has 2 nitrogen and oxygen atoms in total. The normalized spacial score (nSPS) is 17.2. The molecular formula is C17H14BrNO. The molecule has 100 valence electrons. The van der Waals surface area contributed by atoms with Crippen molar-refractivity contribution >= 4 is 38.6 Å². The number of carbonyl (C=O) groups is 1. The van der Waals surface area contributed by atoms with E-state index in [1.54, 1.807) is 0 Å². The van der Waals surface area contributed by atoms with Gasteiger partial charge in [0.25, 0.3) is 0 Å². The Bertz CT molecular complexity index is 776. The van der Waals surface area contributed by atoms with Crippen LogP contribution in [0.3, 0.4) is 0 Å². The molecule has 0 amide bonds. The van der Waals surface area contributed by atoms with Crippen LogP contribution in [-0.2, 0) is 17.6 Å². The maximum atomic E-state index is 11.2. The summed E-state index contributed by atoms with van der Waals surface area (Å²) in [5, 5.41) is 2.55. The van der Waals surface area contributed by atoms with Gasteiger partial charge in [-0.3, -0.25) is 4.79 Å². The van der Waals surface area contributed by atoms with Gasteiger partial charge in [0.2, 0.25) is 0 Å². The molecule has 0 saturated carbocycles. The lowest BCUT2D eigenvalue weighted by molar-refractivity contribution is -0.104. The molecule has 0 spiro atoms. The van der Waals surface area contributed by atoms with E-state index in [9.17, 15) is 4.79 Å². The van der Waals surface area contributed by atoms with Crippen molar-refractivity contribution in [2.75, 3.05) is 0 Å². The fraction of sp³-hybridized carbons (Fsp3) is 0.294. The van der Waals surface area contributed by atoms with Crippen LogP contribution in [0.5, 0.6) is 0 Å². The minimum atomic E-state index is 0.910. The molecule has 0 fully saturated rings. The van der Waals surface area contributed by atoms with E-state index >= 15 is 0 Å². The fourth-order valence-corrected chi connectivity index (χ4v) is 3.98. The Kier molecular flexibility index (Phi) is 2.77. The molecule has 20 heavy (non-hydrogen) atoms. The first kappa shape index (κ1) is 12.3. The van der Waals surface area contributed by atoms with Crippen molar-refractivity contribution in [2.45, 2.75) is 32.1 Å². The highest BCUT2D eigenvalue weighted by Gasteiger charge is 2.21. The lowest BCUT2D eigenvalue weighted by atomic mass is 9.96. The highest BCUT2D eigenvalue weighted by molar-refractivity contribution is 9.10. The van der Waals surface area contributed by atoms with E-state index in [-0.39, 0.29) is 0 Å². The molecule has 0 bridgehead atoms. The topological polar surface area (TPSA) is 30.0 Å². The van der Waals surface area contributed by atoms with Crippen molar-refractivity contribution in [1.82, 2.24) is 4.98 Å².